The lowest BCUT2D eigenvalue weighted by Crippen LogP contribution is -2.31. The molecule has 38 heavy (non-hydrogen) atoms. The fourth-order valence-corrected chi connectivity index (χ4v) is 4.76. The normalized spacial score (nSPS) is 12.6. The van der Waals surface area contributed by atoms with Crippen molar-refractivity contribution < 1.29 is 21.6 Å². The fourth-order valence-electron chi connectivity index (χ4n) is 3.74. The van der Waals surface area contributed by atoms with Crippen LogP contribution in [-0.2, 0) is 16.0 Å². The molecule has 0 atom stereocenters. The summed E-state index contributed by atoms with van der Waals surface area (Å²) in [6.07, 6.45) is -1.64. The van der Waals surface area contributed by atoms with Gasteiger partial charge in [-0.05, 0) is 59.1 Å². The van der Waals surface area contributed by atoms with Crippen LogP contribution >= 0.6 is 23.2 Å². The van der Waals surface area contributed by atoms with Crippen LogP contribution in [0.5, 0.6) is 0 Å². The van der Waals surface area contributed by atoms with Gasteiger partial charge in [-0.15, -0.1) is 0 Å². The van der Waals surface area contributed by atoms with E-state index in [9.17, 15) is 21.6 Å². The highest BCUT2D eigenvalue weighted by Gasteiger charge is 2.35. The predicted octanol–water partition coefficient (Wildman–Crippen LogP) is 5.91. The van der Waals surface area contributed by atoms with Crippen LogP contribution < -0.4 is 16.6 Å². The number of hydrogen-bond donors (Lipinski definition) is 2. The minimum absolute atomic E-state index is 0.0985. The number of sulfone groups is 1. The van der Waals surface area contributed by atoms with E-state index >= 15 is 0 Å². The van der Waals surface area contributed by atoms with Crippen molar-refractivity contribution in [3.8, 4) is 16.8 Å². The van der Waals surface area contributed by atoms with Crippen molar-refractivity contribution in [1.29, 1.82) is 0 Å². The Kier molecular flexibility index (Phi) is 7.48. The van der Waals surface area contributed by atoms with Gasteiger partial charge < -0.3 is 5.73 Å². The van der Waals surface area contributed by atoms with Crippen LogP contribution in [0.1, 0.15) is 11.3 Å². The zero-order valence-electron chi connectivity index (χ0n) is 19.6. The lowest BCUT2D eigenvalue weighted by atomic mass is 10.0. The maximum Gasteiger partial charge on any atom is 0.434 e. The molecule has 0 unspecified atom stereocenters. The molecule has 0 fully saturated rings. The topological polar surface area (TPSA) is 107 Å². The number of halogens is 5. The van der Waals surface area contributed by atoms with Gasteiger partial charge in [0.15, 0.2) is 15.5 Å². The molecule has 0 aliphatic rings. The number of alkyl halides is 3. The molecule has 0 aliphatic carbocycles. The second kappa shape index (κ2) is 10.3. The van der Waals surface area contributed by atoms with Crippen LogP contribution in [0.4, 0.5) is 18.9 Å². The molecule has 13 heteroatoms. The summed E-state index contributed by atoms with van der Waals surface area (Å²) < 4.78 is 65.3. The molecule has 0 amide bonds. The number of hydrogen-bond acceptors (Lipinski definition) is 6. The molecule has 0 saturated carbocycles. The van der Waals surface area contributed by atoms with Gasteiger partial charge in [0.25, 0.3) is 0 Å². The van der Waals surface area contributed by atoms with Gasteiger partial charge in [-0.3, -0.25) is 9.58 Å². The number of rotatable bonds is 6. The SMILES string of the molecule is CS(=O)(=O)c1cccc(-c2ccc(-n3cc(C(F)(F)F)nc3Cl)c(N(N)/C(=C\N)c3ccc(Cl)cc3)c2)c1. The van der Waals surface area contributed by atoms with Gasteiger partial charge in [0, 0.05) is 29.2 Å². The van der Waals surface area contributed by atoms with E-state index in [0.29, 0.717) is 27.4 Å². The third kappa shape index (κ3) is 5.65. The smallest absolute Gasteiger partial charge is 0.403 e. The largest absolute Gasteiger partial charge is 0.434 e. The number of aromatic nitrogens is 2. The van der Waals surface area contributed by atoms with Gasteiger partial charge in [-0.2, -0.15) is 13.2 Å². The Labute approximate surface area is 226 Å². The molecule has 1 aromatic heterocycles. The van der Waals surface area contributed by atoms with Crippen molar-refractivity contribution in [3.63, 3.8) is 0 Å². The molecule has 3 aromatic carbocycles. The van der Waals surface area contributed by atoms with Crippen molar-refractivity contribution in [1.82, 2.24) is 9.55 Å². The Hall–Kier alpha value is -3.51. The highest BCUT2D eigenvalue weighted by atomic mass is 35.5. The van der Waals surface area contributed by atoms with Gasteiger partial charge in [0.2, 0.25) is 5.28 Å². The molecule has 0 bridgehead atoms. The number of hydrazine groups is 1. The molecule has 7 nitrogen and oxygen atoms in total. The first-order valence-electron chi connectivity index (χ1n) is 10.8. The predicted molar refractivity (Wildman–Crippen MR) is 142 cm³/mol. The quantitative estimate of drug-likeness (QED) is 0.216. The van der Waals surface area contributed by atoms with Crippen LogP contribution in [0.2, 0.25) is 10.3 Å². The summed E-state index contributed by atoms with van der Waals surface area (Å²) in [6.45, 7) is 0. The molecule has 1 heterocycles. The summed E-state index contributed by atoms with van der Waals surface area (Å²) >= 11 is 12.1. The third-order valence-electron chi connectivity index (χ3n) is 5.60. The summed E-state index contributed by atoms with van der Waals surface area (Å²) in [6, 6.07) is 17.5. The molecule has 4 N–H and O–H groups in total. The second-order valence-corrected chi connectivity index (χ2v) is 11.0. The summed E-state index contributed by atoms with van der Waals surface area (Å²) in [4.78, 5) is 3.53. The van der Waals surface area contributed by atoms with E-state index < -0.39 is 27.0 Å². The third-order valence-corrected chi connectivity index (χ3v) is 7.23. The summed E-state index contributed by atoms with van der Waals surface area (Å²) in [5.41, 5.74) is 7.02. The van der Waals surface area contributed by atoms with E-state index in [4.69, 9.17) is 34.8 Å². The highest BCUT2D eigenvalue weighted by Crippen LogP contribution is 2.37. The summed E-state index contributed by atoms with van der Waals surface area (Å²) in [5.74, 6) is 6.50. The second-order valence-electron chi connectivity index (χ2n) is 8.20. The van der Waals surface area contributed by atoms with Gasteiger partial charge in [0.05, 0.1) is 22.0 Å². The first-order chi connectivity index (χ1) is 17.8. The first-order valence-corrected chi connectivity index (χ1v) is 13.4. The van der Waals surface area contributed by atoms with Gasteiger partial charge in [-0.1, -0.05) is 41.9 Å². The van der Waals surface area contributed by atoms with Gasteiger partial charge in [-0.25, -0.2) is 19.2 Å². The van der Waals surface area contributed by atoms with Crippen molar-refractivity contribution in [2.45, 2.75) is 11.1 Å². The van der Waals surface area contributed by atoms with Gasteiger partial charge >= 0.3 is 6.18 Å². The molecular formula is C25H20Cl2F3N5O2S. The van der Waals surface area contributed by atoms with E-state index in [1.807, 2.05) is 0 Å². The Morgan fingerprint density at radius 1 is 1.03 bits per heavy atom. The summed E-state index contributed by atoms with van der Waals surface area (Å²) in [7, 11) is -3.49. The Morgan fingerprint density at radius 2 is 1.68 bits per heavy atom. The fraction of sp³-hybridized carbons (Fsp3) is 0.0800. The zero-order valence-corrected chi connectivity index (χ0v) is 21.9. The van der Waals surface area contributed by atoms with Crippen LogP contribution in [0.25, 0.3) is 22.5 Å². The number of imidazole rings is 1. The molecular weight excluding hydrogens is 562 g/mol. The van der Waals surface area contributed by atoms with Crippen molar-refractivity contribution in [3.05, 3.63) is 101 Å². The zero-order chi connectivity index (χ0) is 27.8. The van der Waals surface area contributed by atoms with Crippen molar-refractivity contribution in [2.75, 3.05) is 11.3 Å². The highest BCUT2D eigenvalue weighted by molar-refractivity contribution is 7.90. The lowest BCUT2D eigenvalue weighted by molar-refractivity contribution is -0.140. The van der Waals surface area contributed by atoms with E-state index in [0.717, 1.165) is 17.0 Å². The minimum Gasteiger partial charge on any atom is -0.403 e. The lowest BCUT2D eigenvalue weighted by Gasteiger charge is -2.26. The number of nitrogens with zero attached hydrogens (tertiary/aromatic N) is 3. The number of benzene rings is 3. The van der Waals surface area contributed by atoms with E-state index in [2.05, 4.69) is 4.98 Å². The van der Waals surface area contributed by atoms with E-state index in [-0.39, 0.29) is 16.3 Å². The van der Waals surface area contributed by atoms with Crippen LogP contribution in [-0.4, -0.2) is 24.2 Å². The number of nitrogens with two attached hydrogens (primary N) is 2. The van der Waals surface area contributed by atoms with E-state index in [1.165, 1.54) is 29.4 Å². The Bertz CT molecular complexity index is 1640. The molecule has 0 saturated heterocycles. The van der Waals surface area contributed by atoms with Crippen molar-refractivity contribution in [2.24, 2.45) is 11.6 Å². The van der Waals surface area contributed by atoms with Crippen LogP contribution in [0.15, 0.2) is 84.0 Å². The average Bonchev–Trinajstić information content (AvgIpc) is 3.27. The standard InChI is InChI=1S/C25H20Cl2F3N5O2S/c1-38(36,37)19-4-2-3-16(11-19)17-7-10-20(34-14-23(25(28,29)30)33-24(34)27)21(12-17)35(32)22(13-31)15-5-8-18(26)9-6-15/h2-14H,31-32H2,1H3/b22-13-. The van der Waals surface area contributed by atoms with Crippen LogP contribution in [0, 0.1) is 0 Å². The maximum atomic E-state index is 13.4. The summed E-state index contributed by atoms with van der Waals surface area (Å²) in [5, 5.41) is 1.22. The Balaban J connectivity index is 1.93. The van der Waals surface area contributed by atoms with E-state index in [1.54, 1.807) is 48.5 Å². The number of anilines is 1. The first kappa shape index (κ1) is 27.5. The molecule has 198 valence electrons. The minimum atomic E-state index is -4.73. The average molecular weight is 582 g/mol. The Morgan fingerprint density at radius 3 is 2.26 bits per heavy atom. The molecule has 0 radical (unpaired) electrons. The molecule has 4 rings (SSSR count). The maximum absolute atomic E-state index is 13.4. The molecule has 0 aliphatic heterocycles. The van der Waals surface area contributed by atoms with Crippen molar-refractivity contribution >= 4 is 44.4 Å². The van der Waals surface area contributed by atoms with Gasteiger partial charge in [0.1, 0.15) is 0 Å². The van der Waals surface area contributed by atoms with Crippen LogP contribution in [0.3, 0.4) is 0 Å². The monoisotopic (exact) mass is 581 g/mol. The molecule has 4 aromatic rings. The molecule has 0 spiro atoms.